The normalized spacial score (nSPS) is 11.1. The number of carbonyl (C=O) groups excluding carboxylic acids is 1. The molecule has 0 aliphatic carbocycles. The minimum absolute atomic E-state index is 0.00633. The molecule has 0 saturated carbocycles. The van der Waals surface area contributed by atoms with E-state index in [1.165, 1.54) is 13.1 Å². The summed E-state index contributed by atoms with van der Waals surface area (Å²) in [6, 6.07) is 5.59. The van der Waals surface area contributed by atoms with Gasteiger partial charge in [-0.1, -0.05) is 18.2 Å². The second-order valence-corrected chi connectivity index (χ2v) is 6.86. The molecule has 0 bridgehead atoms. The van der Waals surface area contributed by atoms with Crippen molar-refractivity contribution < 1.29 is 13.2 Å². The fourth-order valence-corrected chi connectivity index (χ4v) is 3.23. The number of amides is 2. The highest BCUT2D eigenvalue weighted by Gasteiger charge is 2.27. The molecule has 2 amide bonds. The van der Waals surface area contributed by atoms with E-state index in [9.17, 15) is 13.2 Å². The maximum absolute atomic E-state index is 12.5. The summed E-state index contributed by atoms with van der Waals surface area (Å²) in [7, 11) is -2.78. The molecule has 0 saturated heterocycles. The second kappa shape index (κ2) is 6.29. The lowest BCUT2D eigenvalue weighted by Crippen LogP contribution is -2.37. The molecule has 0 fully saturated rings. The molecule has 2 aromatic rings. The van der Waals surface area contributed by atoms with Crippen molar-refractivity contribution in [2.45, 2.75) is 25.7 Å². The summed E-state index contributed by atoms with van der Waals surface area (Å²) in [5.74, 6) is 0.862. The van der Waals surface area contributed by atoms with Crippen LogP contribution in [0.1, 0.15) is 17.2 Å². The van der Waals surface area contributed by atoms with Gasteiger partial charge in [0.25, 0.3) is 10.0 Å². The largest absolute Gasteiger partial charge is 0.337 e. The number of aromatic nitrogens is 3. The van der Waals surface area contributed by atoms with Gasteiger partial charge in [0.15, 0.2) is 0 Å². The Kier molecular flexibility index (Phi) is 4.60. The fourth-order valence-electron chi connectivity index (χ4n) is 1.95. The van der Waals surface area contributed by atoms with Crippen LogP contribution >= 0.6 is 0 Å². The van der Waals surface area contributed by atoms with Crippen molar-refractivity contribution in [3.63, 3.8) is 0 Å². The third-order valence-corrected chi connectivity index (χ3v) is 5.00. The number of carbonyl (C=O) groups is 1. The molecule has 2 rings (SSSR count). The van der Waals surface area contributed by atoms with Crippen LogP contribution < -0.4 is 5.32 Å². The monoisotopic (exact) mass is 335 g/mol. The molecule has 0 aliphatic heterocycles. The van der Waals surface area contributed by atoms with Gasteiger partial charge in [-0.3, -0.25) is 5.32 Å². The summed E-state index contributed by atoms with van der Waals surface area (Å²) in [5.41, 5.74) is 0.555. The highest BCUT2D eigenvalue weighted by Crippen LogP contribution is 2.19. The number of benzene rings is 1. The Balaban J connectivity index is 2.27. The quantitative estimate of drug-likeness (QED) is 0.914. The Labute approximate surface area is 134 Å². The van der Waals surface area contributed by atoms with Crippen LogP contribution in [-0.2, 0) is 10.0 Å². The Hall–Kier alpha value is -2.55. The Morgan fingerprint density at radius 1 is 1.04 bits per heavy atom. The van der Waals surface area contributed by atoms with E-state index in [1.54, 1.807) is 39.0 Å². The molecule has 23 heavy (non-hydrogen) atoms. The van der Waals surface area contributed by atoms with E-state index in [1.807, 2.05) is 0 Å². The Morgan fingerprint density at radius 2 is 1.61 bits per heavy atom. The Bertz CT molecular complexity index is 831. The van der Waals surface area contributed by atoms with Gasteiger partial charge < -0.3 is 0 Å². The van der Waals surface area contributed by atoms with E-state index in [4.69, 9.17) is 0 Å². The molecule has 1 N–H and O–H groups in total. The third kappa shape index (κ3) is 3.62. The summed E-state index contributed by atoms with van der Waals surface area (Å²) < 4.78 is 25.7. The fraction of sp³-hybridized carbons (Fsp3) is 0.286. The van der Waals surface area contributed by atoms with Gasteiger partial charge in [-0.15, -0.1) is 0 Å². The van der Waals surface area contributed by atoms with Crippen molar-refractivity contribution in [2.24, 2.45) is 0 Å². The number of nitrogens with one attached hydrogen (secondary N) is 1. The number of aryl methyl sites for hydroxylation is 3. The zero-order valence-corrected chi connectivity index (χ0v) is 14.0. The van der Waals surface area contributed by atoms with Crippen LogP contribution in [0.5, 0.6) is 0 Å². The van der Waals surface area contributed by atoms with Crippen molar-refractivity contribution in [1.82, 2.24) is 19.3 Å². The lowest BCUT2D eigenvalue weighted by molar-refractivity contribution is 0.240. The number of urea groups is 1. The molecule has 122 valence electrons. The molecular weight excluding hydrogens is 318 g/mol. The SMILES string of the molecule is Cc1nc(C)nc(NC(=O)N(C)S(=O)(=O)c2ccccc2C)n1. The minimum Gasteiger partial charge on any atom is -0.275 e. The van der Waals surface area contributed by atoms with Crippen LogP contribution in [0.4, 0.5) is 10.7 Å². The predicted octanol–water partition coefficient (Wildman–Crippen LogP) is 1.65. The summed E-state index contributed by atoms with van der Waals surface area (Å²) in [6.07, 6.45) is 0. The maximum atomic E-state index is 12.5. The van der Waals surface area contributed by atoms with Crippen molar-refractivity contribution in [3.05, 3.63) is 41.5 Å². The van der Waals surface area contributed by atoms with Crippen molar-refractivity contribution in [1.29, 1.82) is 0 Å². The second-order valence-electron chi connectivity index (χ2n) is 4.92. The van der Waals surface area contributed by atoms with Gasteiger partial charge in [0, 0.05) is 7.05 Å². The van der Waals surface area contributed by atoms with Gasteiger partial charge in [-0.05, 0) is 32.4 Å². The molecule has 1 heterocycles. The molecule has 8 nitrogen and oxygen atoms in total. The van der Waals surface area contributed by atoms with Gasteiger partial charge in [-0.25, -0.2) is 22.5 Å². The van der Waals surface area contributed by atoms with Gasteiger partial charge in [0.1, 0.15) is 11.6 Å². The van der Waals surface area contributed by atoms with Crippen molar-refractivity contribution in [2.75, 3.05) is 12.4 Å². The van der Waals surface area contributed by atoms with Gasteiger partial charge >= 0.3 is 6.03 Å². The van der Waals surface area contributed by atoms with Crippen LogP contribution in [-0.4, -0.2) is 40.8 Å². The number of hydrogen-bond acceptors (Lipinski definition) is 6. The standard InChI is InChI=1S/C14H17N5O3S/c1-9-7-5-6-8-12(9)23(21,22)19(4)14(20)18-13-16-10(2)15-11(3)17-13/h5-8H,1-4H3,(H,15,16,17,18,20). The van der Waals surface area contributed by atoms with E-state index < -0.39 is 16.1 Å². The van der Waals surface area contributed by atoms with E-state index in [0.717, 1.165) is 0 Å². The molecule has 9 heteroatoms. The lowest BCUT2D eigenvalue weighted by atomic mass is 10.2. The van der Waals surface area contributed by atoms with Gasteiger partial charge in [0.2, 0.25) is 5.95 Å². The molecule has 0 unspecified atom stereocenters. The van der Waals surface area contributed by atoms with E-state index in [0.29, 0.717) is 21.5 Å². The first-order valence-corrected chi connectivity index (χ1v) is 8.20. The molecule has 1 aromatic carbocycles. The van der Waals surface area contributed by atoms with Gasteiger partial charge in [0.05, 0.1) is 4.90 Å². The number of anilines is 1. The predicted molar refractivity (Wildman–Crippen MR) is 84.4 cm³/mol. The van der Waals surface area contributed by atoms with Crippen molar-refractivity contribution >= 4 is 22.0 Å². The number of rotatable bonds is 3. The van der Waals surface area contributed by atoms with E-state index in [2.05, 4.69) is 20.3 Å². The van der Waals surface area contributed by atoms with E-state index >= 15 is 0 Å². The summed E-state index contributed by atoms with van der Waals surface area (Å²) in [4.78, 5) is 24.2. The number of sulfonamides is 1. The van der Waals surface area contributed by atoms with Crippen LogP contribution in [0.25, 0.3) is 0 Å². The average Bonchev–Trinajstić information content (AvgIpc) is 2.45. The third-order valence-electron chi connectivity index (χ3n) is 3.10. The topological polar surface area (TPSA) is 105 Å². The first-order chi connectivity index (χ1) is 10.7. The first kappa shape index (κ1) is 16.8. The smallest absolute Gasteiger partial charge is 0.275 e. The number of nitrogens with zero attached hydrogens (tertiary/aromatic N) is 4. The molecule has 0 atom stereocenters. The molecule has 0 aliphatic rings. The molecule has 1 aromatic heterocycles. The van der Waals surface area contributed by atoms with Crippen LogP contribution in [0.15, 0.2) is 29.2 Å². The van der Waals surface area contributed by atoms with Crippen LogP contribution in [0.3, 0.4) is 0 Å². The van der Waals surface area contributed by atoms with E-state index in [-0.39, 0.29) is 10.8 Å². The summed E-state index contributed by atoms with van der Waals surface area (Å²) in [5, 5.41) is 2.36. The minimum atomic E-state index is -3.96. The molecule has 0 spiro atoms. The van der Waals surface area contributed by atoms with Crippen molar-refractivity contribution in [3.8, 4) is 0 Å². The highest BCUT2D eigenvalue weighted by atomic mass is 32.2. The summed E-state index contributed by atoms with van der Waals surface area (Å²) >= 11 is 0. The lowest BCUT2D eigenvalue weighted by Gasteiger charge is -2.18. The van der Waals surface area contributed by atoms with Gasteiger partial charge in [-0.2, -0.15) is 9.97 Å². The average molecular weight is 335 g/mol. The zero-order chi connectivity index (χ0) is 17.2. The zero-order valence-electron chi connectivity index (χ0n) is 13.2. The maximum Gasteiger partial charge on any atom is 0.337 e. The highest BCUT2D eigenvalue weighted by molar-refractivity contribution is 7.89. The summed E-state index contributed by atoms with van der Waals surface area (Å²) in [6.45, 7) is 4.97. The molecule has 0 radical (unpaired) electrons. The number of hydrogen-bond donors (Lipinski definition) is 1. The first-order valence-electron chi connectivity index (χ1n) is 6.76. The van der Waals surface area contributed by atoms with Crippen LogP contribution in [0.2, 0.25) is 0 Å². The Morgan fingerprint density at radius 3 is 2.17 bits per heavy atom. The molecular formula is C14H17N5O3S. The van der Waals surface area contributed by atoms with Crippen LogP contribution in [0, 0.1) is 20.8 Å².